The summed E-state index contributed by atoms with van der Waals surface area (Å²) in [4.78, 5) is 8.39. The molecule has 0 saturated carbocycles. The molecule has 0 spiro atoms. The fourth-order valence-corrected chi connectivity index (χ4v) is 2.23. The number of aliphatic hydroxyl groups is 1. The molecule has 0 aliphatic carbocycles. The van der Waals surface area contributed by atoms with Crippen molar-refractivity contribution in [2.45, 2.75) is 39.7 Å². The first-order valence-corrected chi connectivity index (χ1v) is 8.21. The predicted molar refractivity (Wildman–Crippen MR) is 95.3 cm³/mol. The van der Waals surface area contributed by atoms with E-state index >= 15 is 0 Å². The summed E-state index contributed by atoms with van der Waals surface area (Å²) in [7, 11) is 0. The van der Waals surface area contributed by atoms with Gasteiger partial charge < -0.3 is 14.9 Å². The molecule has 0 saturated heterocycles. The highest BCUT2D eigenvalue weighted by atomic mass is 16.5. The van der Waals surface area contributed by atoms with Crippen LogP contribution < -0.4 is 4.74 Å². The Morgan fingerprint density at radius 3 is 2.62 bits per heavy atom. The average molecular weight is 328 g/mol. The van der Waals surface area contributed by atoms with Gasteiger partial charge in [-0.15, -0.1) is 0 Å². The van der Waals surface area contributed by atoms with Crippen molar-refractivity contribution in [3.63, 3.8) is 0 Å². The molecule has 2 N–H and O–H groups in total. The molecule has 128 valence electrons. The molecule has 24 heavy (non-hydrogen) atoms. The fraction of sp³-hybridized carbons (Fsp3) is 0.368. The topological polar surface area (TPSA) is 74.9 Å². The molecule has 1 aromatic heterocycles. The molecule has 1 heterocycles. The van der Waals surface area contributed by atoms with Crippen molar-refractivity contribution < 1.29 is 14.9 Å². The summed E-state index contributed by atoms with van der Waals surface area (Å²) in [5, 5.41) is 19.4. The molecule has 0 amide bonds. The second-order valence-corrected chi connectivity index (χ2v) is 5.60. The van der Waals surface area contributed by atoms with Crippen molar-refractivity contribution >= 4 is 11.9 Å². The van der Waals surface area contributed by atoms with E-state index in [4.69, 9.17) is 4.74 Å². The van der Waals surface area contributed by atoms with E-state index in [0.29, 0.717) is 16.8 Å². The van der Waals surface area contributed by atoms with E-state index in [9.17, 15) is 10.2 Å². The molecule has 1 aromatic carbocycles. The standard InChI is InChI=1S/C19H24N2O3/c1-3-4-5-10-24-17-8-6-16(7-9-17)21-12-18-15(13-22)11-20-14(2)19(18)23/h6-9,11-12,22-23H,3-5,10,13H2,1-2H3. The molecular formula is C19H24N2O3. The number of pyridine rings is 1. The van der Waals surface area contributed by atoms with Gasteiger partial charge in [0, 0.05) is 23.5 Å². The third-order valence-electron chi connectivity index (χ3n) is 3.72. The Bertz CT molecular complexity index is 682. The number of ether oxygens (including phenoxy) is 1. The molecule has 0 bridgehead atoms. The van der Waals surface area contributed by atoms with Gasteiger partial charge in [0.1, 0.15) is 11.5 Å². The average Bonchev–Trinajstić information content (AvgIpc) is 2.61. The van der Waals surface area contributed by atoms with E-state index in [2.05, 4.69) is 16.9 Å². The highest BCUT2D eigenvalue weighted by Crippen LogP contribution is 2.24. The first kappa shape index (κ1) is 17.9. The Hall–Kier alpha value is -2.40. The van der Waals surface area contributed by atoms with E-state index in [1.807, 2.05) is 24.3 Å². The van der Waals surface area contributed by atoms with Gasteiger partial charge in [0.2, 0.25) is 0 Å². The summed E-state index contributed by atoms with van der Waals surface area (Å²) in [5.74, 6) is 0.866. The Morgan fingerprint density at radius 1 is 1.21 bits per heavy atom. The van der Waals surface area contributed by atoms with Gasteiger partial charge in [-0.05, 0) is 37.6 Å². The maximum Gasteiger partial charge on any atom is 0.145 e. The van der Waals surface area contributed by atoms with Crippen LogP contribution in [0.25, 0.3) is 0 Å². The highest BCUT2D eigenvalue weighted by Gasteiger charge is 2.09. The highest BCUT2D eigenvalue weighted by molar-refractivity contribution is 5.87. The molecule has 0 aliphatic heterocycles. The molecule has 0 unspecified atom stereocenters. The first-order valence-electron chi connectivity index (χ1n) is 8.21. The maximum absolute atomic E-state index is 10.1. The second-order valence-electron chi connectivity index (χ2n) is 5.60. The lowest BCUT2D eigenvalue weighted by Crippen LogP contribution is -1.98. The third kappa shape index (κ3) is 4.80. The maximum atomic E-state index is 10.1. The molecule has 5 heteroatoms. The van der Waals surface area contributed by atoms with Crippen LogP contribution in [0.5, 0.6) is 11.5 Å². The van der Waals surface area contributed by atoms with Gasteiger partial charge in [-0.25, -0.2) is 0 Å². The van der Waals surface area contributed by atoms with E-state index < -0.39 is 0 Å². The molecule has 5 nitrogen and oxygen atoms in total. The number of hydrogen-bond acceptors (Lipinski definition) is 5. The van der Waals surface area contributed by atoms with E-state index in [-0.39, 0.29) is 12.4 Å². The minimum absolute atomic E-state index is 0.0428. The van der Waals surface area contributed by atoms with Gasteiger partial charge in [0.05, 0.1) is 24.6 Å². The number of aryl methyl sites for hydroxylation is 1. The van der Waals surface area contributed by atoms with E-state index in [1.54, 1.807) is 19.3 Å². The van der Waals surface area contributed by atoms with E-state index in [1.165, 1.54) is 12.8 Å². The molecule has 2 rings (SSSR count). The summed E-state index contributed by atoms with van der Waals surface area (Å²) in [5.41, 5.74) is 2.28. The van der Waals surface area contributed by atoms with Crippen molar-refractivity contribution in [2.75, 3.05) is 6.61 Å². The van der Waals surface area contributed by atoms with Crippen LogP contribution in [0.15, 0.2) is 35.5 Å². The number of aromatic nitrogens is 1. The van der Waals surface area contributed by atoms with Crippen molar-refractivity contribution in [3.8, 4) is 11.5 Å². The summed E-state index contributed by atoms with van der Waals surface area (Å²) in [6.45, 7) is 4.39. The van der Waals surface area contributed by atoms with Crippen LogP contribution in [-0.4, -0.2) is 28.0 Å². The van der Waals surface area contributed by atoms with Crippen LogP contribution in [0, 0.1) is 6.92 Å². The zero-order valence-electron chi connectivity index (χ0n) is 14.2. The molecule has 0 atom stereocenters. The summed E-state index contributed by atoms with van der Waals surface area (Å²) in [6, 6.07) is 7.47. The van der Waals surface area contributed by atoms with Crippen molar-refractivity contribution in [1.82, 2.24) is 4.98 Å². The number of aliphatic hydroxyl groups excluding tert-OH is 1. The van der Waals surface area contributed by atoms with Gasteiger partial charge in [-0.1, -0.05) is 19.8 Å². The Labute approximate surface area is 142 Å². The van der Waals surface area contributed by atoms with Crippen LogP contribution in [-0.2, 0) is 6.61 Å². The monoisotopic (exact) mass is 328 g/mol. The molecule has 0 fully saturated rings. The third-order valence-corrected chi connectivity index (χ3v) is 3.72. The minimum Gasteiger partial charge on any atom is -0.505 e. The molecule has 0 radical (unpaired) electrons. The SMILES string of the molecule is CCCCCOc1ccc(N=Cc2c(CO)cnc(C)c2O)cc1. The molecule has 0 aliphatic rings. The van der Waals surface area contributed by atoms with Crippen molar-refractivity contribution in [3.05, 3.63) is 47.3 Å². The zero-order chi connectivity index (χ0) is 17.4. The van der Waals surface area contributed by atoms with Crippen LogP contribution in [0.3, 0.4) is 0 Å². The minimum atomic E-state index is -0.202. The number of aliphatic imine (C=N–C) groups is 1. The van der Waals surface area contributed by atoms with Gasteiger partial charge in [-0.2, -0.15) is 0 Å². The molecule has 2 aromatic rings. The second kappa shape index (κ2) is 9.03. The summed E-state index contributed by atoms with van der Waals surface area (Å²) >= 11 is 0. The molecular weight excluding hydrogens is 304 g/mol. The van der Waals surface area contributed by atoms with Crippen molar-refractivity contribution in [2.24, 2.45) is 4.99 Å². The predicted octanol–water partition coefficient (Wildman–Crippen LogP) is 3.91. The van der Waals surface area contributed by atoms with Crippen LogP contribution >= 0.6 is 0 Å². The lowest BCUT2D eigenvalue weighted by molar-refractivity contribution is 0.280. The Balaban J connectivity index is 2.06. The summed E-state index contributed by atoms with van der Waals surface area (Å²) < 4.78 is 5.66. The number of unbranched alkanes of at least 4 members (excludes halogenated alkanes) is 2. The lowest BCUT2D eigenvalue weighted by atomic mass is 10.1. The zero-order valence-corrected chi connectivity index (χ0v) is 14.2. The van der Waals surface area contributed by atoms with Crippen LogP contribution in [0.4, 0.5) is 5.69 Å². The number of nitrogens with zero attached hydrogens (tertiary/aromatic N) is 2. The van der Waals surface area contributed by atoms with Gasteiger partial charge >= 0.3 is 0 Å². The fourth-order valence-electron chi connectivity index (χ4n) is 2.23. The van der Waals surface area contributed by atoms with Crippen molar-refractivity contribution in [1.29, 1.82) is 0 Å². The summed E-state index contributed by atoms with van der Waals surface area (Å²) in [6.07, 6.45) is 6.50. The number of rotatable bonds is 8. The van der Waals surface area contributed by atoms with Gasteiger partial charge in [0.25, 0.3) is 0 Å². The van der Waals surface area contributed by atoms with Gasteiger partial charge in [-0.3, -0.25) is 9.98 Å². The van der Waals surface area contributed by atoms with Crippen LogP contribution in [0.1, 0.15) is 43.0 Å². The Morgan fingerprint density at radius 2 is 1.96 bits per heavy atom. The number of aromatic hydroxyl groups is 1. The quantitative estimate of drug-likeness (QED) is 0.569. The van der Waals surface area contributed by atoms with E-state index in [0.717, 1.165) is 24.5 Å². The lowest BCUT2D eigenvalue weighted by Gasteiger charge is -2.07. The normalized spacial score (nSPS) is 11.1. The smallest absolute Gasteiger partial charge is 0.145 e. The number of benzene rings is 1. The Kier molecular flexibility index (Phi) is 6.75. The van der Waals surface area contributed by atoms with Crippen LogP contribution in [0.2, 0.25) is 0 Å². The largest absolute Gasteiger partial charge is 0.505 e. The number of hydrogen-bond donors (Lipinski definition) is 2. The first-order chi connectivity index (χ1) is 11.7. The van der Waals surface area contributed by atoms with Gasteiger partial charge in [0.15, 0.2) is 0 Å².